The second-order valence-corrected chi connectivity index (χ2v) is 11.8. The van der Waals surface area contributed by atoms with Gasteiger partial charge in [-0.3, -0.25) is 14.4 Å². The Morgan fingerprint density at radius 3 is 2.62 bits per heavy atom. The van der Waals surface area contributed by atoms with E-state index in [-0.39, 0.29) is 45.2 Å². The molecule has 2 bridgehead atoms. The number of nitrogens with one attached hydrogen (secondary N) is 1. The van der Waals surface area contributed by atoms with Crippen molar-refractivity contribution in [2.75, 3.05) is 26.4 Å². The summed E-state index contributed by atoms with van der Waals surface area (Å²) in [5.74, 6) is -0.927. The summed E-state index contributed by atoms with van der Waals surface area (Å²) >= 11 is 0. The van der Waals surface area contributed by atoms with Gasteiger partial charge in [0, 0.05) is 24.8 Å². The third kappa shape index (κ3) is 4.17. The first-order chi connectivity index (χ1) is 19.5. The van der Waals surface area contributed by atoms with Crippen LogP contribution in [-0.4, -0.2) is 89.8 Å². The van der Waals surface area contributed by atoms with Crippen molar-refractivity contribution in [3.05, 3.63) is 41.7 Å². The summed E-state index contributed by atoms with van der Waals surface area (Å²) in [5.41, 5.74) is 0.507. The zero-order valence-corrected chi connectivity index (χ0v) is 22.3. The van der Waals surface area contributed by atoms with E-state index in [4.69, 9.17) is 28.9 Å². The van der Waals surface area contributed by atoms with E-state index < -0.39 is 47.6 Å². The molecule has 0 aromatic heterocycles. The van der Waals surface area contributed by atoms with Crippen molar-refractivity contribution in [1.29, 1.82) is 0 Å². The first kappa shape index (κ1) is 26.4. The molecule has 3 saturated carbocycles. The van der Waals surface area contributed by atoms with Crippen LogP contribution < -0.4 is 5.32 Å². The number of carbonyl (C=O) groups excluding carboxylic acids is 2. The Bertz CT molecular complexity index is 1170. The summed E-state index contributed by atoms with van der Waals surface area (Å²) in [7, 11) is 0. The number of ether oxygens (including phenoxy) is 4. The van der Waals surface area contributed by atoms with E-state index in [9.17, 15) is 14.7 Å². The highest BCUT2D eigenvalue weighted by Crippen LogP contribution is 2.63. The van der Waals surface area contributed by atoms with Crippen LogP contribution in [0, 0.1) is 17.3 Å². The Labute approximate surface area is 232 Å². The van der Waals surface area contributed by atoms with Crippen LogP contribution in [0.1, 0.15) is 43.2 Å². The number of hydrogen-bond donors (Lipinski definition) is 3. The van der Waals surface area contributed by atoms with Crippen molar-refractivity contribution < 1.29 is 43.6 Å². The minimum Gasteiger partial charge on any atom is -0.499 e. The molecule has 1 aromatic rings. The Morgan fingerprint density at radius 2 is 1.90 bits per heavy atom. The van der Waals surface area contributed by atoms with Gasteiger partial charge in [-0.2, -0.15) is 5.06 Å². The molecule has 6 aliphatic rings. The van der Waals surface area contributed by atoms with Gasteiger partial charge in [0.2, 0.25) is 5.91 Å². The van der Waals surface area contributed by atoms with E-state index in [0.717, 1.165) is 36.8 Å². The molecule has 3 aliphatic heterocycles. The minimum atomic E-state index is -1.24. The van der Waals surface area contributed by atoms with Crippen LogP contribution in [0.2, 0.25) is 0 Å². The van der Waals surface area contributed by atoms with Crippen LogP contribution in [-0.2, 0) is 39.9 Å². The molecular weight excluding hydrogens is 520 g/mol. The average Bonchev–Trinajstić information content (AvgIpc) is 3.89. The predicted octanol–water partition coefficient (Wildman–Crippen LogP) is 0.875. The molecule has 11 nitrogen and oxygen atoms in total. The molecule has 6 fully saturated rings. The lowest BCUT2D eigenvalue weighted by Gasteiger charge is -2.48. The van der Waals surface area contributed by atoms with E-state index in [1.165, 1.54) is 6.26 Å². The summed E-state index contributed by atoms with van der Waals surface area (Å²) in [6.45, 7) is 0.246. The summed E-state index contributed by atoms with van der Waals surface area (Å²) in [6, 6.07) is 6.71. The SMILES string of the molecule is O=C1O[C@@H]2C[C@@]3(C(=O)NCCO)[C@H](ON(Cc4cccc(C=COCCO)c4)[C@@H]13)[C@H]1OC(C3CC3)(C3CC3)O[C@H]12. The lowest BCUT2D eigenvalue weighted by atomic mass is 9.62. The number of hydrogen-bond acceptors (Lipinski definition) is 10. The third-order valence-corrected chi connectivity index (χ3v) is 9.16. The molecular formula is C29H36N2O9. The second kappa shape index (κ2) is 10.1. The second-order valence-electron chi connectivity index (χ2n) is 11.8. The molecule has 11 heteroatoms. The topological polar surface area (TPSA) is 136 Å². The normalized spacial score (nSPS) is 36.0. The van der Waals surface area contributed by atoms with E-state index in [2.05, 4.69) is 5.32 Å². The van der Waals surface area contributed by atoms with Crippen LogP contribution in [0.5, 0.6) is 0 Å². The fourth-order valence-corrected chi connectivity index (χ4v) is 7.22. The molecule has 6 atom stereocenters. The average molecular weight is 557 g/mol. The van der Waals surface area contributed by atoms with Crippen molar-refractivity contribution in [3.63, 3.8) is 0 Å². The molecule has 3 saturated heterocycles. The maximum atomic E-state index is 13.9. The lowest BCUT2D eigenvalue weighted by molar-refractivity contribution is -0.235. The molecule has 3 heterocycles. The zero-order chi connectivity index (χ0) is 27.5. The van der Waals surface area contributed by atoms with Gasteiger partial charge in [0.05, 0.1) is 26.0 Å². The number of carbonyl (C=O) groups is 2. The Hall–Kier alpha value is -2.54. The quantitative estimate of drug-likeness (QED) is 0.205. The molecule has 0 unspecified atom stereocenters. The largest absolute Gasteiger partial charge is 0.499 e. The first-order valence-corrected chi connectivity index (χ1v) is 14.4. The molecule has 3 aliphatic carbocycles. The van der Waals surface area contributed by atoms with Gasteiger partial charge < -0.3 is 34.5 Å². The van der Waals surface area contributed by atoms with Crippen LogP contribution in [0.25, 0.3) is 6.08 Å². The molecule has 0 spiro atoms. The molecule has 40 heavy (non-hydrogen) atoms. The molecule has 216 valence electrons. The highest BCUT2D eigenvalue weighted by Gasteiger charge is 2.78. The van der Waals surface area contributed by atoms with E-state index in [1.807, 2.05) is 24.3 Å². The fraction of sp³-hybridized carbons (Fsp3) is 0.655. The van der Waals surface area contributed by atoms with E-state index >= 15 is 0 Å². The number of amides is 1. The Kier molecular flexibility index (Phi) is 6.64. The van der Waals surface area contributed by atoms with Gasteiger partial charge in [-0.15, -0.1) is 0 Å². The zero-order valence-electron chi connectivity index (χ0n) is 22.3. The van der Waals surface area contributed by atoms with Gasteiger partial charge in [-0.25, -0.2) is 0 Å². The number of aliphatic hydroxyl groups is 2. The van der Waals surface area contributed by atoms with Crippen molar-refractivity contribution in [3.8, 4) is 0 Å². The number of esters is 1. The van der Waals surface area contributed by atoms with Crippen molar-refractivity contribution in [2.45, 2.75) is 74.9 Å². The van der Waals surface area contributed by atoms with E-state index in [0.29, 0.717) is 11.8 Å². The van der Waals surface area contributed by atoms with Gasteiger partial charge in [-0.1, -0.05) is 24.3 Å². The molecule has 0 radical (unpaired) electrons. The third-order valence-electron chi connectivity index (χ3n) is 9.16. The summed E-state index contributed by atoms with van der Waals surface area (Å²) in [6.07, 6.45) is 5.34. The van der Waals surface area contributed by atoms with Gasteiger partial charge in [0.15, 0.2) is 11.8 Å². The number of aliphatic hydroxyl groups excluding tert-OH is 2. The number of rotatable bonds is 11. The highest BCUT2D eigenvalue weighted by atomic mass is 16.8. The Balaban J connectivity index is 1.21. The lowest BCUT2D eigenvalue weighted by Crippen LogP contribution is -2.69. The summed E-state index contributed by atoms with van der Waals surface area (Å²) in [5, 5.41) is 22.7. The molecule has 1 amide bonds. The van der Waals surface area contributed by atoms with Crippen LogP contribution in [0.4, 0.5) is 0 Å². The van der Waals surface area contributed by atoms with Crippen LogP contribution >= 0.6 is 0 Å². The van der Waals surface area contributed by atoms with E-state index in [1.54, 1.807) is 11.1 Å². The van der Waals surface area contributed by atoms with Crippen LogP contribution in [0.15, 0.2) is 30.5 Å². The van der Waals surface area contributed by atoms with Gasteiger partial charge in [0.1, 0.15) is 36.4 Å². The number of benzene rings is 1. The van der Waals surface area contributed by atoms with Crippen molar-refractivity contribution in [2.24, 2.45) is 17.3 Å². The predicted molar refractivity (Wildman–Crippen MR) is 138 cm³/mol. The van der Waals surface area contributed by atoms with Crippen LogP contribution in [0.3, 0.4) is 0 Å². The summed E-state index contributed by atoms with van der Waals surface area (Å²) in [4.78, 5) is 34.1. The molecule has 7 rings (SSSR count). The van der Waals surface area contributed by atoms with Gasteiger partial charge >= 0.3 is 5.97 Å². The fourth-order valence-electron chi connectivity index (χ4n) is 7.22. The number of fused-ring (bicyclic) bond motifs is 4. The monoisotopic (exact) mass is 556 g/mol. The van der Waals surface area contributed by atoms with Crippen molar-refractivity contribution in [1.82, 2.24) is 10.4 Å². The molecule has 3 N–H and O–H groups in total. The highest BCUT2D eigenvalue weighted by molar-refractivity contribution is 5.93. The smallest absolute Gasteiger partial charge is 0.327 e. The maximum Gasteiger partial charge on any atom is 0.327 e. The summed E-state index contributed by atoms with van der Waals surface area (Å²) < 4.78 is 24.8. The van der Waals surface area contributed by atoms with Crippen molar-refractivity contribution >= 4 is 18.0 Å². The molecule has 1 aromatic carbocycles. The number of nitrogens with zero attached hydrogens (tertiary/aromatic N) is 1. The van der Waals surface area contributed by atoms with Gasteiger partial charge in [-0.05, 0) is 42.9 Å². The Morgan fingerprint density at radius 1 is 1.12 bits per heavy atom. The minimum absolute atomic E-state index is 0.0666. The number of hydroxylamine groups is 2. The standard InChI is InChI=1S/C29H36N2O9/c32-10-9-30-27(35)28-15-21-22-23(39-29(38-22,19-4-5-19)20-6-7-20)25(28)40-31(24(28)26(34)37-21)16-18-3-1-2-17(14-18)8-12-36-13-11-33/h1-3,8,12,14,19-25,32-33H,4-7,9-11,13,15-16H2,(H,30,35)/t21-,22+,23+,24+,25-,28+/m1/s1. The first-order valence-electron chi connectivity index (χ1n) is 14.4. The maximum absolute atomic E-state index is 13.9. The van der Waals surface area contributed by atoms with Gasteiger partial charge in [0.25, 0.3) is 0 Å².